The Kier molecular flexibility index (Phi) is 4.68. The maximum absolute atomic E-state index is 12.6. The molecule has 84 valence electrons. The fourth-order valence-corrected chi connectivity index (χ4v) is 1.33. The summed E-state index contributed by atoms with van der Waals surface area (Å²) in [6, 6.07) is 5.48. The number of nitrogens with one attached hydrogen (secondary N) is 1. The highest BCUT2D eigenvalue weighted by Crippen LogP contribution is 2.18. The van der Waals surface area contributed by atoms with Gasteiger partial charge in [-0.1, -0.05) is 12.1 Å². The number of hydrogen-bond donors (Lipinski definition) is 3. The first kappa shape index (κ1) is 12.1. The molecule has 0 saturated carbocycles. The van der Waals surface area contributed by atoms with Crippen molar-refractivity contribution in [2.45, 2.75) is 18.6 Å². The molecule has 0 radical (unpaired) electrons. The molecular weight excluding hydrogens is 197 g/mol. The topological polar surface area (TPSA) is 52.5 Å². The van der Waals surface area contributed by atoms with Crippen LogP contribution >= 0.6 is 0 Å². The quantitative estimate of drug-likeness (QED) is 0.679. The van der Waals surface area contributed by atoms with E-state index in [1.165, 1.54) is 24.3 Å². The Balaban J connectivity index is 2.59. The number of benzene rings is 1. The summed E-state index contributed by atoms with van der Waals surface area (Å²) in [6.07, 6.45) is -1.34. The van der Waals surface area contributed by atoms with Crippen LogP contribution in [0.15, 0.2) is 24.3 Å². The van der Waals surface area contributed by atoms with Crippen molar-refractivity contribution in [2.75, 3.05) is 13.6 Å². The summed E-state index contributed by atoms with van der Waals surface area (Å²) in [5.74, 6) is -0.351. The number of rotatable bonds is 5. The lowest BCUT2D eigenvalue weighted by Gasteiger charge is -2.17. The zero-order valence-electron chi connectivity index (χ0n) is 8.65. The first-order valence-corrected chi connectivity index (χ1v) is 4.91. The predicted molar refractivity (Wildman–Crippen MR) is 55.9 cm³/mol. The van der Waals surface area contributed by atoms with Gasteiger partial charge in [0.2, 0.25) is 0 Å². The molecule has 0 spiro atoms. The molecule has 0 aliphatic carbocycles. The molecule has 0 amide bonds. The Hall–Kier alpha value is -0.970. The Morgan fingerprint density at radius 3 is 2.40 bits per heavy atom. The van der Waals surface area contributed by atoms with E-state index in [-0.39, 0.29) is 5.82 Å². The van der Waals surface area contributed by atoms with Crippen LogP contribution in [0.2, 0.25) is 0 Å². The highest BCUT2D eigenvalue weighted by Gasteiger charge is 2.17. The van der Waals surface area contributed by atoms with Crippen molar-refractivity contribution in [1.82, 2.24) is 5.32 Å². The number of aliphatic hydroxyl groups is 2. The lowest BCUT2D eigenvalue weighted by Crippen LogP contribution is -2.23. The van der Waals surface area contributed by atoms with Gasteiger partial charge in [0.25, 0.3) is 0 Å². The molecule has 0 bridgehead atoms. The second-order valence-corrected chi connectivity index (χ2v) is 3.46. The molecule has 4 heteroatoms. The largest absolute Gasteiger partial charge is 0.390 e. The molecule has 1 aromatic carbocycles. The van der Waals surface area contributed by atoms with Gasteiger partial charge in [0.1, 0.15) is 11.9 Å². The standard InChI is InChI=1S/C11H16FNO2/c1-13-7-6-10(14)11(15)8-2-4-9(12)5-3-8/h2-5,10-11,13-15H,6-7H2,1H3. The van der Waals surface area contributed by atoms with Gasteiger partial charge in [-0.15, -0.1) is 0 Å². The fourth-order valence-electron chi connectivity index (χ4n) is 1.33. The summed E-state index contributed by atoms with van der Waals surface area (Å²) in [5, 5.41) is 22.2. The molecule has 3 nitrogen and oxygen atoms in total. The molecule has 2 unspecified atom stereocenters. The van der Waals surface area contributed by atoms with E-state index in [0.717, 1.165) is 0 Å². The van der Waals surface area contributed by atoms with Crippen molar-refractivity contribution in [1.29, 1.82) is 0 Å². The van der Waals surface area contributed by atoms with E-state index in [1.54, 1.807) is 7.05 Å². The average molecular weight is 213 g/mol. The molecule has 15 heavy (non-hydrogen) atoms. The van der Waals surface area contributed by atoms with Crippen molar-refractivity contribution in [3.05, 3.63) is 35.6 Å². The van der Waals surface area contributed by atoms with Crippen LogP contribution in [0.1, 0.15) is 18.1 Å². The SMILES string of the molecule is CNCCC(O)C(O)c1ccc(F)cc1. The minimum absolute atomic E-state index is 0.351. The number of aliphatic hydroxyl groups excluding tert-OH is 2. The molecular formula is C11H16FNO2. The second kappa shape index (κ2) is 5.80. The third-order valence-electron chi connectivity index (χ3n) is 2.27. The van der Waals surface area contributed by atoms with E-state index in [2.05, 4.69) is 5.32 Å². The van der Waals surface area contributed by atoms with Gasteiger partial charge in [-0.25, -0.2) is 4.39 Å². The van der Waals surface area contributed by atoms with E-state index in [1.807, 2.05) is 0 Å². The van der Waals surface area contributed by atoms with Gasteiger partial charge in [-0.2, -0.15) is 0 Å². The molecule has 3 N–H and O–H groups in total. The fraction of sp³-hybridized carbons (Fsp3) is 0.455. The van der Waals surface area contributed by atoms with Crippen LogP contribution in [0.3, 0.4) is 0 Å². The zero-order valence-corrected chi connectivity index (χ0v) is 8.65. The van der Waals surface area contributed by atoms with Crippen LogP contribution in [-0.4, -0.2) is 29.9 Å². The van der Waals surface area contributed by atoms with Gasteiger partial charge < -0.3 is 15.5 Å². The van der Waals surface area contributed by atoms with Gasteiger partial charge >= 0.3 is 0 Å². The summed E-state index contributed by atoms with van der Waals surface area (Å²) in [4.78, 5) is 0. The van der Waals surface area contributed by atoms with Gasteiger partial charge in [0.05, 0.1) is 6.10 Å². The molecule has 0 aromatic heterocycles. The van der Waals surface area contributed by atoms with E-state index >= 15 is 0 Å². The second-order valence-electron chi connectivity index (χ2n) is 3.46. The third-order valence-corrected chi connectivity index (χ3v) is 2.27. The average Bonchev–Trinajstić information content (AvgIpc) is 2.26. The van der Waals surface area contributed by atoms with Crippen LogP contribution < -0.4 is 5.32 Å². The minimum Gasteiger partial charge on any atom is -0.390 e. The van der Waals surface area contributed by atoms with E-state index < -0.39 is 12.2 Å². The molecule has 0 aliphatic heterocycles. The van der Waals surface area contributed by atoms with Gasteiger partial charge in [0, 0.05) is 0 Å². The first-order chi connectivity index (χ1) is 7.15. The first-order valence-electron chi connectivity index (χ1n) is 4.91. The van der Waals surface area contributed by atoms with Crippen LogP contribution in [0.25, 0.3) is 0 Å². The monoisotopic (exact) mass is 213 g/mol. The maximum Gasteiger partial charge on any atom is 0.123 e. The Morgan fingerprint density at radius 2 is 1.87 bits per heavy atom. The van der Waals surface area contributed by atoms with Crippen molar-refractivity contribution in [3.8, 4) is 0 Å². The predicted octanol–water partition coefficient (Wildman–Crippen LogP) is 0.830. The molecule has 2 atom stereocenters. The van der Waals surface area contributed by atoms with Crippen molar-refractivity contribution in [3.63, 3.8) is 0 Å². The molecule has 1 aromatic rings. The lowest BCUT2D eigenvalue weighted by molar-refractivity contribution is 0.0140. The molecule has 0 saturated heterocycles. The highest BCUT2D eigenvalue weighted by molar-refractivity contribution is 5.19. The summed E-state index contributed by atoms with van der Waals surface area (Å²) < 4.78 is 12.6. The van der Waals surface area contributed by atoms with Gasteiger partial charge in [0.15, 0.2) is 0 Å². The zero-order chi connectivity index (χ0) is 11.3. The maximum atomic E-state index is 12.6. The normalized spacial score (nSPS) is 14.9. The van der Waals surface area contributed by atoms with Crippen LogP contribution in [0, 0.1) is 5.82 Å². The Labute approximate surface area is 88.6 Å². The highest BCUT2D eigenvalue weighted by atomic mass is 19.1. The smallest absolute Gasteiger partial charge is 0.123 e. The van der Waals surface area contributed by atoms with Crippen LogP contribution in [-0.2, 0) is 0 Å². The summed E-state index contributed by atoms with van der Waals surface area (Å²) >= 11 is 0. The molecule has 0 fully saturated rings. The van der Waals surface area contributed by atoms with E-state index in [4.69, 9.17) is 0 Å². The molecule has 0 aliphatic rings. The van der Waals surface area contributed by atoms with Crippen LogP contribution in [0.5, 0.6) is 0 Å². The van der Waals surface area contributed by atoms with Crippen LogP contribution in [0.4, 0.5) is 4.39 Å². The van der Waals surface area contributed by atoms with E-state index in [9.17, 15) is 14.6 Å². The van der Waals surface area contributed by atoms with Gasteiger partial charge in [-0.3, -0.25) is 0 Å². The number of halogens is 1. The Bertz CT molecular complexity index is 289. The molecule has 0 heterocycles. The van der Waals surface area contributed by atoms with Crippen molar-refractivity contribution < 1.29 is 14.6 Å². The lowest BCUT2D eigenvalue weighted by atomic mass is 10.0. The van der Waals surface area contributed by atoms with Crippen molar-refractivity contribution in [2.24, 2.45) is 0 Å². The minimum atomic E-state index is -0.959. The summed E-state index contributed by atoms with van der Waals surface area (Å²) in [6.45, 7) is 0.624. The summed E-state index contributed by atoms with van der Waals surface area (Å²) in [7, 11) is 1.77. The Morgan fingerprint density at radius 1 is 1.27 bits per heavy atom. The van der Waals surface area contributed by atoms with Crippen molar-refractivity contribution >= 4 is 0 Å². The molecule has 1 rings (SSSR count). The van der Waals surface area contributed by atoms with Gasteiger partial charge in [-0.05, 0) is 37.7 Å². The third kappa shape index (κ3) is 3.58. The van der Waals surface area contributed by atoms with E-state index in [0.29, 0.717) is 18.5 Å². The number of hydrogen-bond acceptors (Lipinski definition) is 3. The summed E-state index contributed by atoms with van der Waals surface area (Å²) in [5.41, 5.74) is 0.528.